The van der Waals surface area contributed by atoms with Crippen LogP contribution in [-0.4, -0.2) is 29.6 Å². The van der Waals surface area contributed by atoms with Crippen LogP contribution in [-0.2, 0) is 4.79 Å². The minimum Gasteiger partial charge on any atom is -0.494 e. The molecule has 0 radical (unpaired) electrons. The number of amides is 3. The van der Waals surface area contributed by atoms with Crippen LogP contribution in [0.3, 0.4) is 0 Å². The Kier molecular flexibility index (Phi) is 4.50. The van der Waals surface area contributed by atoms with Gasteiger partial charge in [-0.2, -0.15) is 0 Å². The summed E-state index contributed by atoms with van der Waals surface area (Å²) in [5.74, 6) is -0.359. The molecule has 1 aliphatic rings. The van der Waals surface area contributed by atoms with Gasteiger partial charge in [-0.25, -0.2) is 19.1 Å². The minimum atomic E-state index is -0.939. The number of nitrogens with zero attached hydrogens (tertiary/aromatic N) is 2. The number of carbonyl (C=O) groups excluding carboxylic acids is 2. The van der Waals surface area contributed by atoms with E-state index in [4.69, 9.17) is 9.47 Å². The number of anilines is 1. The van der Waals surface area contributed by atoms with Crippen molar-refractivity contribution in [2.75, 3.05) is 12.0 Å². The van der Waals surface area contributed by atoms with Gasteiger partial charge in [0.15, 0.2) is 11.6 Å². The van der Waals surface area contributed by atoms with Gasteiger partial charge in [-0.3, -0.25) is 4.79 Å². The first-order valence-electron chi connectivity index (χ1n) is 8.02. The first-order valence-corrected chi connectivity index (χ1v) is 8.02. The number of methoxy groups -OCH3 is 1. The van der Waals surface area contributed by atoms with Gasteiger partial charge in [0.25, 0.3) is 5.91 Å². The van der Waals surface area contributed by atoms with E-state index in [1.165, 1.54) is 43.6 Å². The average molecular weight is 359 g/mol. The molecule has 0 bridgehead atoms. The normalized spacial score (nSPS) is 19.5. The van der Waals surface area contributed by atoms with Crippen molar-refractivity contribution in [3.05, 3.63) is 42.3 Å². The molecule has 7 nitrogen and oxygen atoms in total. The molecule has 136 valence electrons. The third-order valence-corrected chi connectivity index (χ3v) is 4.29. The number of hydrogen-bond acceptors (Lipinski definition) is 5. The molecule has 1 aromatic carbocycles. The second kappa shape index (κ2) is 6.62. The molecule has 3 rings (SSSR count). The number of urea groups is 1. The Morgan fingerprint density at radius 3 is 2.69 bits per heavy atom. The molecule has 2 heterocycles. The van der Waals surface area contributed by atoms with E-state index in [9.17, 15) is 14.0 Å². The van der Waals surface area contributed by atoms with Gasteiger partial charge < -0.3 is 14.8 Å². The Balaban J connectivity index is 1.87. The number of imide groups is 1. The number of ether oxygens (including phenoxy) is 2. The molecular formula is C18H18FN3O4. The molecule has 2 aromatic rings. The van der Waals surface area contributed by atoms with Crippen molar-refractivity contribution in [3.63, 3.8) is 0 Å². The van der Waals surface area contributed by atoms with Gasteiger partial charge in [-0.05, 0) is 31.5 Å². The van der Waals surface area contributed by atoms with Crippen LogP contribution in [0.25, 0.3) is 0 Å². The molecule has 8 heteroatoms. The van der Waals surface area contributed by atoms with Crippen LogP contribution in [0.15, 0.2) is 36.5 Å². The Morgan fingerprint density at radius 1 is 1.27 bits per heavy atom. The van der Waals surface area contributed by atoms with Crippen molar-refractivity contribution < 1.29 is 23.5 Å². The monoisotopic (exact) mass is 359 g/mol. The molecule has 1 atom stereocenters. The average Bonchev–Trinajstić information content (AvgIpc) is 2.86. The zero-order valence-electron chi connectivity index (χ0n) is 14.6. The third-order valence-electron chi connectivity index (χ3n) is 4.29. The van der Waals surface area contributed by atoms with Gasteiger partial charge in [0, 0.05) is 18.3 Å². The fourth-order valence-electron chi connectivity index (χ4n) is 2.58. The van der Waals surface area contributed by atoms with Crippen LogP contribution in [0.2, 0.25) is 0 Å². The van der Waals surface area contributed by atoms with E-state index in [2.05, 4.69) is 10.3 Å². The largest absolute Gasteiger partial charge is 0.494 e. The Morgan fingerprint density at radius 2 is 2.04 bits per heavy atom. The number of halogens is 1. The molecule has 3 amide bonds. The molecule has 1 fully saturated rings. The van der Waals surface area contributed by atoms with Gasteiger partial charge in [-0.1, -0.05) is 6.92 Å². The summed E-state index contributed by atoms with van der Waals surface area (Å²) in [6.07, 6.45) is 1.89. The summed E-state index contributed by atoms with van der Waals surface area (Å²) < 4.78 is 24.0. The molecule has 1 aliphatic heterocycles. The van der Waals surface area contributed by atoms with E-state index in [-0.39, 0.29) is 17.5 Å². The van der Waals surface area contributed by atoms with Crippen molar-refractivity contribution in [1.29, 1.82) is 0 Å². The zero-order valence-corrected chi connectivity index (χ0v) is 14.6. The number of carbonyl (C=O) groups is 2. The van der Waals surface area contributed by atoms with E-state index < -0.39 is 17.4 Å². The molecule has 1 saturated heterocycles. The van der Waals surface area contributed by atoms with Crippen molar-refractivity contribution >= 4 is 17.6 Å². The van der Waals surface area contributed by atoms with Crippen molar-refractivity contribution in [2.45, 2.75) is 25.8 Å². The summed E-state index contributed by atoms with van der Waals surface area (Å²) in [5.41, 5.74) is -0.602. The quantitative estimate of drug-likeness (QED) is 0.829. The molecule has 1 N–H and O–H groups in total. The number of pyridine rings is 1. The van der Waals surface area contributed by atoms with Gasteiger partial charge >= 0.3 is 6.03 Å². The van der Waals surface area contributed by atoms with Crippen LogP contribution < -0.4 is 19.7 Å². The first-order chi connectivity index (χ1) is 12.4. The molecule has 0 unspecified atom stereocenters. The second-order valence-electron chi connectivity index (χ2n) is 6.01. The SMILES string of the molecule is CC[C@@]1(C)NC(=O)N(c2ccnc(Oc3ccc(F)c(OC)c3)c2)C1=O. The van der Waals surface area contributed by atoms with E-state index >= 15 is 0 Å². The summed E-state index contributed by atoms with van der Waals surface area (Å²) in [7, 11) is 1.35. The highest BCUT2D eigenvalue weighted by Gasteiger charge is 2.47. The molecule has 1 aromatic heterocycles. The second-order valence-corrected chi connectivity index (χ2v) is 6.01. The van der Waals surface area contributed by atoms with E-state index in [0.717, 1.165) is 4.90 Å². The summed E-state index contributed by atoms with van der Waals surface area (Å²) in [6, 6.07) is 6.52. The predicted molar refractivity (Wildman–Crippen MR) is 92.0 cm³/mol. The zero-order chi connectivity index (χ0) is 18.9. The topological polar surface area (TPSA) is 80.8 Å². The highest BCUT2D eigenvalue weighted by atomic mass is 19.1. The van der Waals surface area contributed by atoms with Crippen molar-refractivity contribution in [3.8, 4) is 17.4 Å². The number of nitrogens with one attached hydrogen (secondary N) is 1. The van der Waals surface area contributed by atoms with Crippen LogP contribution in [0.1, 0.15) is 20.3 Å². The maximum atomic E-state index is 13.5. The lowest BCUT2D eigenvalue weighted by Gasteiger charge is -2.19. The van der Waals surface area contributed by atoms with Gasteiger partial charge in [0.05, 0.1) is 12.8 Å². The highest BCUT2D eigenvalue weighted by Crippen LogP contribution is 2.31. The van der Waals surface area contributed by atoms with Crippen molar-refractivity contribution in [1.82, 2.24) is 10.3 Å². The van der Waals surface area contributed by atoms with Gasteiger partial charge in [-0.15, -0.1) is 0 Å². The summed E-state index contributed by atoms with van der Waals surface area (Å²) in [5, 5.41) is 2.69. The fourth-order valence-corrected chi connectivity index (χ4v) is 2.58. The fraction of sp³-hybridized carbons (Fsp3) is 0.278. The van der Waals surface area contributed by atoms with E-state index in [0.29, 0.717) is 17.9 Å². The molecule has 0 saturated carbocycles. The molecular weight excluding hydrogens is 341 g/mol. The lowest BCUT2D eigenvalue weighted by atomic mass is 9.99. The maximum Gasteiger partial charge on any atom is 0.329 e. The Labute approximate surface area is 149 Å². The summed E-state index contributed by atoms with van der Waals surface area (Å²) in [4.78, 5) is 29.9. The smallest absolute Gasteiger partial charge is 0.329 e. The van der Waals surface area contributed by atoms with Crippen molar-refractivity contribution in [2.24, 2.45) is 0 Å². The number of benzene rings is 1. The predicted octanol–water partition coefficient (Wildman–Crippen LogP) is 3.25. The van der Waals surface area contributed by atoms with Gasteiger partial charge in [0.2, 0.25) is 5.88 Å². The maximum absolute atomic E-state index is 13.5. The van der Waals surface area contributed by atoms with Crippen LogP contribution >= 0.6 is 0 Å². The Hall–Kier alpha value is -3.16. The number of aromatic nitrogens is 1. The van der Waals surface area contributed by atoms with E-state index in [1.54, 1.807) is 6.92 Å². The van der Waals surface area contributed by atoms with Crippen LogP contribution in [0.4, 0.5) is 14.9 Å². The molecule has 26 heavy (non-hydrogen) atoms. The Bertz CT molecular complexity index is 873. The summed E-state index contributed by atoms with van der Waals surface area (Å²) >= 11 is 0. The lowest BCUT2D eigenvalue weighted by Crippen LogP contribution is -2.43. The van der Waals surface area contributed by atoms with E-state index in [1.807, 2.05) is 6.92 Å². The molecule has 0 aliphatic carbocycles. The number of hydrogen-bond donors (Lipinski definition) is 1. The van der Waals surface area contributed by atoms with Gasteiger partial charge in [0.1, 0.15) is 11.3 Å². The number of rotatable bonds is 5. The van der Waals surface area contributed by atoms with Crippen LogP contribution in [0.5, 0.6) is 17.4 Å². The lowest BCUT2D eigenvalue weighted by molar-refractivity contribution is -0.121. The molecule has 0 spiro atoms. The first kappa shape index (κ1) is 17.7. The standard InChI is InChI=1S/C18H18FN3O4/c1-4-18(2)16(23)22(17(24)21-18)11-7-8-20-15(9-11)26-12-5-6-13(19)14(10-12)25-3/h5-10H,4H2,1-3H3,(H,21,24)/t18-/m1/s1. The minimum absolute atomic E-state index is 0.0338. The van der Waals surface area contributed by atoms with Crippen LogP contribution in [0, 0.1) is 5.82 Å². The third kappa shape index (κ3) is 3.05. The highest BCUT2D eigenvalue weighted by molar-refractivity contribution is 6.23. The summed E-state index contributed by atoms with van der Waals surface area (Å²) in [6.45, 7) is 3.50.